The molecule has 1 aromatic heterocycles. The minimum atomic E-state index is -0.454. The van der Waals surface area contributed by atoms with Crippen LogP contribution in [0.4, 0.5) is 10.8 Å². The van der Waals surface area contributed by atoms with Crippen molar-refractivity contribution in [2.45, 2.75) is 39.2 Å². The van der Waals surface area contributed by atoms with E-state index < -0.39 is 6.04 Å². The normalized spacial score (nSPS) is 16.2. The molecule has 3 amide bonds. The Morgan fingerprint density at radius 1 is 1.30 bits per heavy atom. The number of anilines is 2. The maximum Gasteiger partial charge on any atom is 0.257 e. The summed E-state index contributed by atoms with van der Waals surface area (Å²) < 4.78 is 0. The lowest BCUT2D eigenvalue weighted by molar-refractivity contribution is -0.136. The van der Waals surface area contributed by atoms with Crippen molar-refractivity contribution in [1.82, 2.24) is 9.88 Å². The summed E-state index contributed by atoms with van der Waals surface area (Å²) in [6, 6.07) is 4.73. The van der Waals surface area contributed by atoms with Gasteiger partial charge >= 0.3 is 0 Å². The van der Waals surface area contributed by atoms with Crippen LogP contribution in [0.25, 0.3) is 0 Å². The quantitative estimate of drug-likeness (QED) is 0.826. The fourth-order valence-electron chi connectivity index (χ4n) is 3.22. The molecule has 1 atom stereocenters. The molecule has 1 aliphatic heterocycles. The Morgan fingerprint density at radius 3 is 2.81 bits per heavy atom. The number of amides is 3. The molecule has 0 spiro atoms. The van der Waals surface area contributed by atoms with Crippen LogP contribution < -0.4 is 10.6 Å². The van der Waals surface area contributed by atoms with E-state index in [1.54, 1.807) is 48.5 Å². The predicted octanol–water partition coefficient (Wildman–Crippen LogP) is 3.04. The molecule has 0 bridgehead atoms. The van der Waals surface area contributed by atoms with Crippen LogP contribution in [-0.4, -0.2) is 40.2 Å². The highest BCUT2D eigenvalue weighted by atomic mass is 32.1. The van der Waals surface area contributed by atoms with E-state index in [0.717, 1.165) is 6.42 Å². The van der Waals surface area contributed by atoms with E-state index in [0.29, 0.717) is 41.3 Å². The predicted molar refractivity (Wildman–Crippen MR) is 105 cm³/mol. The van der Waals surface area contributed by atoms with Crippen LogP contribution in [0, 0.1) is 6.92 Å². The molecule has 2 aromatic rings. The number of hydrogen-bond acceptors (Lipinski definition) is 5. The molecule has 0 aliphatic carbocycles. The lowest BCUT2D eigenvalue weighted by Gasteiger charge is -2.24. The molecule has 7 nitrogen and oxygen atoms in total. The highest BCUT2D eigenvalue weighted by molar-refractivity contribution is 7.13. The van der Waals surface area contributed by atoms with Gasteiger partial charge in [-0.15, -0.1) is 11.3 Å². The molecule has 1 saturated heterocycles. The first-order chi connectivity index (χ1) is 13.0. The number of likely N-dealkylation sites (tertiary alicyclic amines) is 1. The molecular weight excluding hydrogens is 364 g/mol. The molecule has 0 saturated carbocycles. The lowest BCUT2D eigenvalue weighted by atomic mass is 10.1. The maximum atomic E-state index is 12.7. The Balaban J connectivity index is 1.74. The van der Waals surface area contributed by atoms with Crippen LogP contribution >= 0.6 is 11.3 Å². The van der Waals surface area contributed by atoms with Gasteiger partial charge in [0.25, 0.3) is 5.91 Å². The lowest BCUT2D eigenvalue weighted by Crippen LogP contribution is -2.43. The Kier molecular flexibility index (Phi) is 5.85. The number of hydrogen-bond donors (Lipinski definition) is 2. The van der Waals surface area contributed by atoms with Crippen molar-refractivity contribution in [2.75, 3.05) is 17.2 Å². The summed E-state index contributed by atoms with van der Waals surface area (Å²) in [7, 11) is 0. The standard InChI is InChI=1S/C19H22N4O3S/c1-3-16(24)23-10-5-8-15(23)18(26)21-14-7-4-6-13(12(14)2)17(25)22-19-20-9-11-27-19/h4,6-7,9,11,15H,3,5,8,10H2,1-2H3,(H,21,26)(H,20,22,25). The summed E-state index contributed by atoms with van der Waals surface area (Å²) in [5.74, 6) is -0.502. The fraction of sp³-hybridized carbons (Fsp3) is 0.368. The summed E-state index contributed by atoms with van der Waals surface area (Å²) in [6.45, 7) is 4.19. The molecule has 3 rings (SSSR count). The minimum absolute atomic E-state index is 0.0130. The molecule has 2 heterocycles. The molecule has 142 valence electrons. The second-order valence-electron chi connectivity index (χ2n) is 6.36. The van der Waals surface area contributed by atoms with Gasteiger partial charge in [-0.3, -0.25) is 19.7 Å². The van der Waals surface area contributed by atoms with Crippen molar-refractivity contribution >= 4 is 39.9 Å². The van der Waals surface area contributed by atoms with E-state index >= 15 is 0 Å². The number of nitrogens with one attached hydrogen (secondary N) is 2. The van der Waals surface area contributed by atoms with Crippen molar-refractivity contribution in [1.29, 1.82) is 0 Å². The zero-order valence-corrected chi connectivity index (χ0v) is 16.1. The number of benzene rings is 1. The molecule has 2 N–H and O–H groups in total. The van der Waals surface area contributed by atoms with E-state index in [-0.39, 0.29) is 17.7 Å². The summed E-state index contributed by atoms with van der Waals surface area (Å²) in [4.78, 5) is 42.9. The van der Waals surface area contributed by atoms with Crippen molar-refractivity contribution < 1.29 is 14.4 Å². The van der Waals surface area contributed by atoms with Gasteiger partial charge in [-0.25, -0.2) is 4.98 Å². The van der Waals surface area contributed by atoms with E-state index in [2.05, 4.69) is 15.6 Å². The SMILES string of the molecule is CCC(=O)N1CCCC1C(=O)Nc1cccc(C(=O)Nc2nccs2)c1C. The summed E-state index contributed by atoms with van der Waals surface area (Å²) in [5.41, 5.74) is 1.71. The van der Waals surface area contributed by atoms with Crippen LogP contribution in [0.1, 0.15) is 42.1 Å². The Bertz CT molecular complexity index is 851. The Morgan fingerprint density at radius 2 is 2.11 bits per heavy atom. The average molecular weight is 386 g/mol. The Hall–Kier alpha value is -2.74. The third-order valence-electron chi connectivity index (χ3n) is 4.67. The van der Waals surface area contributed by atoms with Crippen LogP contribution in [0.15, 0.2) is 29.8 Å². The first-order valence-corrected chi connectivity index (χ1v) is 9.80. The molecule has 1 fully saturated rings. The van der Waals surface area contributed by atoms with Gasteiger partial charge in [-0.05, 0) is 37.5 Å². The number of aromatic nitrogens is 1. The highest BCUT2D eigenvalue weighted by Gasteiger charge is 2.33. The van der Waals surface area contributed by atoms with Gasteiger partial charge in [0.2, 0.25) is 11.8 Å². The van der Waals surface area contributed by atoms with Gasteiger partial charge in [-0.2, -0.15) is 0 Å². The zero-order chi connectivity index (χ0) is 19.4. The number of rotatable bonds is 5. The van der Waals surface area contributed by atoms with E-state index in [1.165, 1.54) is 11.3 Å². The molecule has 1 aliphatic rings. The minimum Gasteiger partial charge on any atom is -0.331 e. The van der Waals surface area contributed by atoms with Crippen molar-refractivity contribution in [3.63, 3.8) is 0 Å². The van der Waals surface area contributed by atoms with E-state index in [4.69, 9.17) is 0 Å². The number of nitrogens with zero attached hydrogens (tertiary/aromatic N) is 2. The van der Waals surface area contributed by atoms with Crippen molar-refractivity contribution in [2.24, 2.45) is 0 Å². The second-order valence-corrected chi connectivity index (χ2v) is 7.25. The van der Waals surface area contributed by atoms with Crippen molar-refractivity contribution in [3.8, 4) is 0 Å². The maximum absolute atomic E-state index is 12.7. The summed E-state index contributed by atoms with van der Waals surface area (Å²) >= 11 is 1.34. The zero-order valence-electron chi connectivity index (χ0n) is 15.3. The van der Waals surface area contributed by atoms with Crippen LogP contribution in [0.2, 0.25) is 0 Å². The van der Waals surface area contributed by atoms with Gasteiger partial charge < -0.3 is 10.2 Å². The molecule has 8 heteroatoms. The van der Waals surface area contributed by atoms with Crippen LogP contribution in [0.3, 0.4) is 0 Å². The second kappa shape index (κ2) is 8.30. The summed E-state index contributed by atoms with van der Waals surface area (Å²) in [5, 5.41) is 7.94. The van der Waals surface area contributed by atoms with Gasteiger partial charge in [-0.1, -0.05) is 13.0 Å². The molecular formula is C19H22N4O3S. The fourth-order valence-corrected chi connectivity index (χ4v) is 3.75. The molecule has 1 unspecified atom stereocenters. The number of carbonyl (C=O) groups excluding carboxylic acids is 3. The third-order valence-corrected chi connectivity index (χ3v) is 5.36. The van der Waals surface area contributed by atoms with E-state index in [1.807, 2.05) is 0 Å². The average Bonchev–Trinajstić information content (AvgIpc) is 3.34. The van der Waals surface area contributed by atoms with Gasteiger partial charge in [0.15, 0.2) is 5.13 Å². The van der Waals surface area contributed by atoms with Gasteiger partial charge in [0.1, 0.15) is 6.04 Å². The molecule has 27 heavy (non-hydrogen) atoms. The van der Waals surface area contributed by atoms with Crippen LogP contribution in [0.5, 0.6) is 0 Å². The monoisotopic (exact) mass is 386 g/mol. The van der Waals surface area contributed by atoms with Gasteiger partial charge in [0.05, 0.1) is 0 Å². The number of thiazole rings is 1. The molecule has 0 radical (unpaired) electrons. The van der Waals surface area contributed by atoms with Crippen LogP contribution in [-0.2, 0) is 9.59 Å². The van der Waals surface area contributed by atoms with Gasteiger partial charge in [0, 0.05) is 35.8 Å². The van der Waals surface area contributed by atoms with Crippen molar-refractivity contribution in [3.05, 3.63) is 40.9 Å². The first-order valence-electron chi connectivity index (χ1n) is 8.92. The largest absolute Gasteiger partial charge is 0.331 e. The molecule has 1 aromatic carbocycles. The Labute approximate surface area is 161 Å². The first kappa shape index (κ1) is 19.0. The smallest absolute Gasteiger partial charge is 0.257 e. The summed E-state index contributed by atoms with van der Waals surface area (Å²) in [6.07, 6.45) is 3.48. The van der Waals surface area contributed by atoms with E-state index in [9.17, 15) is 14.4 Å². The third kappa shape index (κ3) is 4.16. The number of carbonyl (C=O) groups is 3. The highest BCUT2D eigenvalue weighted by Crippen LogP contribution is 2.24. The topological polar surface area (TPSA) is 91.4 Å².